The van der Waals surface area contributed by atoms with E-state index in [-0.39, 0.29) is 5.91 Å². The number of nitrogens with one attached hydrogen (secondary N) is 1. The van der Waals surface area contributed by atoms with Gasteiger partial charge in [0.05, 0.1) is 4.88 Å². The maximum Gasteiger partial charge on any atom is 0.249 e. The van der Waals surface area contributed by atoms with E-state index in [9.17, 15) is 4.79 Å². The Morgan fingerprint density at radius 2 is 1.88 bits per heavy atom. The first-order valence-electron chi connectivity index (χ1n) is 7.86. The number of anilines is 1. The van der Waals surface area contributed by atoms with Crippen molar-refractivity contribution in [3.63, 3.8) is 0 Å². The minimum atomic E-state index is -0.188. The summed E-state index contributed by atoms with van der Waals surface area (Å²) in [4.78, 5) is 18.1. The van der Waals surface area contributed by atoms with Crippen LogP contribution in [0.3, 0.4) is 0 Å². The molecular formula is C20H15N3OS. The average molecular weight is 345 g/mol. The first-order valence-corrected chi connectivity index (χ1v) is 8.74. The van der Waals surface area contributed by atoms with Crippen molar-refractivity contribution in [3.05, 3.63) is 83.9 Å². The fraction of sp³-hybridized carbons (Fsp3) is 0. The smallest absolute Gasteiger partial charge is 0.249 e. The molecule has 0 aliphatic heterocycles. The van der Waals surface area contributed by atoms with Crippen LogP contribution in [0.5, 0.6) is 0 Å². The number of aromatic nitrogens is 2. The Morgan fingerprint density at radius 3 is 2.68 bits per heavy atom. The van der Waals surface area contributed by atoms with Gasteiger partial charge in [-0.25, -0.2) is 4.98 Å². The zero-order chi connectivity index (χ0) is 17.1. The fourth-order valence-electron chi connectivity index (χ4n) is 2.59. The van der Waals surface area contributed by atoms with Gasteiger partial charge in [-0.05, 0) is 35.2 Å². The second-order valence-corrected chi connectivity index (χ2v) is 6.40. The van der Waals surface area contributed by atoms with E-state index in [2.05, 4.69) is 10.3 Å². The SMILES string of the molecule is O=C(/C=C\c1ccccc1)Nc1c(-c2cccs2)nc2ccccn12. The lowest BCUT2D eigenvalue weighted by Crippen LogP contribution is -2.10. The molecular weight excluding hydrogens is 330 g/mol. The normalized spacial score (nSPS) is 11.2. The van der Waals surface area contributed by atoms with E-state index >= 15 is 0 Å². The number of pyridine rings is 1. The summed E-state index contributed by atoms with van der Waals surface area (Å²) in [5.74, 6) is 0.494. The number of benzene rings is 1. The highest BCUT2D eigenvalue weighted by atomic mass is 32.1. The predicted octanol–water partition coefficient (Wildman–Crippen LogP) is 4.71. The van der Waals surface area contributed by atoms with Crippen LogP contribution >= 0.6 is 11.3 Å². The van der Waals surface area contributed by atoms with Gasteiger partial charge in [0.1, 0.15) is 17.2 Å². The molecule has 5 heteroatoms. The molecule has 4 nitrogen and oxygen atoms in total. The van der Waals surface area contributed by atoms with Crippen LogP contribution in [0.2, 0.25) is 0 Å². The predicted molar refractivity (Wildman–Crippen MR) is 103 cm³/mol. The van der Waals surface area contributed by atoms with Crippen LogP contribution in [0.25, 0.3) is 22.3 Å². The molecule has 0 spiro atoms. The fourth-order valence-corrected chi connectivity index (χ4v) is 3.31. The summed E-state index contributed by atoms with van der Waals surface area (Å²) in [6.07, 6.45) is 5.23. The van der Waals surface area contributed by atoms with Crippen molar-refractivity contribution in [2.24, 2.45) is 0 Å². The summed E-state index contributed by atoms with van der Waals surface area (Å²) < 4.78 is 1.89. The third kappa shape index (κ3) is 3.22. The summed E-state index contributed by atoms with van der Waals surface area (Å²) in [6.45, 7) is 0. The number of imidazole rings is 1. The van der Waals surface area contributed by atoms with E-state index in [4.69, 9.17) is 0 Å². The van der Waals surface area contributed by atoms with Crippen molar-refractivity contribution in [3.8, 4) is 10.6 Å². The Morgan fingerprint density at radius 1 is 1.04 bits per heavy atom. The standard InChI is InChI=1S/C20H15N3OS/c24-18(12-11-15-7-2-1-3-8-15)22-20-19(16-9-6-14-25-16)21-17-10-4-5-13-23(17)20/h1-14H,(H,22,24)/b12-11-. The number of hydrogen-bond acceptors (Lipinski definition) is 3. The molecule has 0 atom stereocenters. The molecule has 25 heavy (non-hydrogen) atoms. The Hall–Kier alpha value is -3.18. The number of carbonyl (C=O) groups is 1. The highest BCUT2D eigenvalue weighted by molar-refractivity contribution is 7.13. The number of rotatable bonds is 4. The minimum Gasteiger partial charge on any atom is -0.306 e. The van der Waals surface area contributed by atoms with Gasteiger partial charge in [0.25, 0.3) is 0 Å². The maximum atomic E-state index is 12.4. The van der Waals surface area contributed by atoms with Crippen molar-refractivity contribution >= 4 is 34.8 Å². The molecule has 0 bridgehead atoms. The van der Waals surface area contributed by atoms with Crippen LogP contribution < -0.4 is 5.32 Å². The molecule has 0 saturated carbocycles. The first kappa shape index (κ1) is 15.4. The van der Waals surface area contributed by atoms with Crippen molar-refractivity contribution in [1.82, 2.24) is 9.38 Å². The second kappa shape index (κ2) is 6.75. The van der Waals surface area contributed by atoms with Crippen molar-refractivity contribution in [2.75, 3.05) is 5.32 Å². The molecule has 0 aliphatic carbocycles. The monoisotopic (exact) mass is 345 g/mol. The number of nitrogens with zero attached hydrogens (tertiary/aromatic N) is 2. The average Bonchev–Trinajstić information content (AvgIpc) is 3.29. The van der Waals surface area contributed by atoms with Crippen LogP contribution in [0.4, 0.5) is 5.82 Å². The summed E-state index contributed by atoms with van der Waals surface area (Å²) in [5.41, 5.74) is 2.56. The molecule has 1 N–H and O–H groups in total. The molecule has 3 aromatic heterocycles. The molecule has 4 rings (SSSR count). The van der Waals surface area contributed by atoms with Gasteiger partial charge in [-0.15, -0.1) is 11.3 Å². The van der Waals surface area contributed by atoms with Gasteiger partial charge in [0.15, 0.2) is 0 Å². The number of fused-ring (bicyclic) bond motifs is 1. The highest BCUT2D eigenvalue weighted by Gasteiger charge is 2.15. The van der Waals surface area contributed by atoms with Gasteiger partial charge < -0.3 is 5.32 Å². The Labute approximate surface area is 149 Å². The number of thiophene rings is 1. The summed E-state index contributed by atoms with van der Waals surface area (Å²) in [7, 11) is 0. The van der Waals surface area contributed by atoms with Gasteiger partial charge in [-0.3, -0.25) is 9.20 Å². The molecule has 0 radical (unpaired) electrons. The van der Waals surface area contributed by atoms with E-state index in [0.29, 0.717) is 5.82 Å². The van der Waals surface area contributed by atoms with Crippen LogP contribution in [0.1, 0.15) is 5.56 Å². The quantitative estimate of drug-likeness (QED) is 0.544. The lowest BCUT2D eigenvalue weighted by molar-refractivity contribution is -0.111. The Bertz CT molecular complexity index is 1030. The van der Waals surface area contributed by atoms with Gasteiger partial charge in [-0.1, -0.05) is 42.5 Å². The number of hydrogen-bond donors (Lipinski definition) is 1. The van der Waals surface area contributed by atoms with Crippen LogP contribution in [0.15, 0.2) is 78.3 Å². The van der Waals surface area contributed by atoms with E-state index in [0.717, 1.165) is 21.8 Å². The van der Waals surface area contributed by atoms with Gasteiger partial charge in [0.2, 0.25) is 5.91 Å². The van der Waals surface area contributed by atoms with E-state index in [1.807, 2.05) is 76.6 Å². The van der Waals surface area contributed by atoms with Crippen molar-refractivity contribution < 1.29 is 4.79 Å². The van der Waals surface area contributed by atoms with Crippen molar-refractivity contribution in [2.45, 2.75) is 0 Å². The number of amides is 1. The second-order valence-electron chi connectivity index (χ2n) is 5.45. The zero-order valence-corrected chi connectivity index (χ0v) is 14.1. The Balaban J connectivity index is 1.67. The molecule has 0 unspecified atom stereocenters. The van der Waals surface area contributed by atoms with E-state index in [1.54, 1.807) is 17.4 Å². The van der Waals surface area contributed by atoms with Crippen LogP contribution in [-0.4, -0.2) is 15.3 Å². The maximum absolute atomic E-state index is 12.4. The zero-order valence-electron chi connectivity index (χ0n) is 13.3. The lowest BCUT2D eigenvalue weighted by Gasteiger charge is -2.04. The van der Waals surface area contributed by atoms with E-state index in [1.165, 1.54) is 6.08 Å². The molecule has 0 aliphatic rings. The van der Waals surface area contributed by atoms with Crippen molar-refractivity contribution in [1.29, 1.82) is 0 Å². The summed E-state index contributed by atoms with van der Waals surface area (Å²) >= 11 is 1.60. The first-order chi connectivity index (χ1) is 12.3. The molecule has 0 fully saturated rings. The van der Waals surface area contributed by atoms with E-state index < -0.39 is 0 Å². The highest BCUT2D eigenvalue weighted by Crippen LogP contribution is 2.31. The molecule has 122 valence electrons. The molecule has 3 heterocycles. The topological polar surface area (TPSA) is 46.4 Å². The summed E-state index contributed by atoms with van der Waals surface area (Å²) in [6, 6.07) is 19.5. The van der Waals surface area contributed by atoms with Gasteiger partial charge >= 0.3 is 0 Å². The molecule has 1 aromatic carbocycles. The third-order valence-electron chi connectivity index (χ3n) is 3.75. The largest absolute Gasteiger partial charge is 0.306 e. The molecule has 1 amide bonds. The minimum absolute atomic E-state index is 0.188. The molecule has 0 saturated heterocycles. The van der Waals surface area contributed by atoms with Crippen LogP contribution in [0, 0.1) is 0 Å². The van der Waals surface area contributed by atoms with Crippen LogP contribution in [-0.2, 0) is 4.79 Å². The van der Waals surface area contributed by atoms with Gasteiger partial charge in [0, 0.05) is 12.3 Å². The third-order valence-corrected chi connectivity index (χ3v) is 4.63. The summed E-state index contributed by atoms with van der Waals surface area (Å²) in [5, 5.41) is 4.97. The Kier molecular flexibility index (Phi) is 4.14. The molecule has 4 aromatic rings. The van der Waals surface area contributed by atoms with Gasteiger partial charge in [-0.2, -0.15) is 0 Å². The lowest BCUT2D eigenvalue weighted by atomic mass is 10.2. The number of carbonyl (C=O) groups excluding carboxylic acids is 1.